The molecule has 3 heterocycles. The molecule has 8 nitrogen and oxygen atoms in total. The summed E-state index contributed by atoms with van der Waals surface area (Å²) in [5, 5.41) is 23.5. The quantitative estimate of drug-likeness (QED) is 0.0913. The van der Waals surface area contributed by atoms with Gasteiger partial charge in [0.05, 0.1) is 39.3 Å². The fraction of sp³-hybridized carbons (Fsp3) is 0.236. The van der Waals surface area contributed by atoms with Gasteiger partial charge in [0.25, 0.3) is 11.8 Å². The fourth-order valence-corrected chi connectivity index (χ4v) is 11.7. The molecule has 7 aromatic carbocycles. The highest BCUT2D eigenvalue weighted by Crippen LogP contribution is 2.32. The van der Waals surface area contributed by atoms with Crippen LogP contribution >= 0.6 is 70.1 Å². The van der Waals surface area contributed by atoms with E-state index in [1.807, 2.05) is 115 Å². The van der Waals surface area contributed by atoms with Crippen LogP contribution in [0.1, 0.15) is 109 Å². The third-order valence-electron chi connectivity index (χ3n) is 13.9. The van der Waals surface area contributed by atoms with Crippen LogP contribution in [0.3, 0.4) is 0 Å². The number of para-hydroxylation sites is 1. The highest BCUT2D eigenvalue weighted by Gasteiger charge is 2.31. The van der Waals surface area contributed by atoms with Gasteiger partial charge in [0.1, 0.15) is 0 Å². The predicted octanol–water partition coefficient (Wildman–Crippen LogP) is 18.4. The summed E-state index contributed by atoms with van der Waals surface area (Å²) in [6, 6.07) is 58.2. The Kier molecular flexibility index (Phi) is 23.0. The average Bonchev–Trinajstić information content (AvgIpc) is 4.14. The third-order valence-corrected chi connectivity index (χ3v) is 17.7. The number of halogens is 3. The Bertz CT molecular complexity index is 3840. The fourth-order valence-electron chi connectivity index (χ4n) is 8.78. The largest absolute Gasteiger partial charge is 0.280 e. The monoisotopic (exact) mass is 1260 g/mol. The Morgan fingerprint density at radius 1 is 0.477 bits per heavy atom. The van der Waals surface area contributed by atoms with Gasteiger partial charge in [-0.1, -0.05) is 202 Å². The Morgan fingerprint density at radius 2 is 0.837 bits per heavy atom. The second-order valence-electron chi connectivity index (χ2n) is 23.5. The van der Waals surface area contributed by atoms with Gasteiger partial charge in [0.2, 0.25) is 0 Å². The van der Waals surface area contributed by atoms with Gasteiger partial charge in [-0.15, -0.1) is 35.3 Å². The number of nitrogens with zero attached hydrogens (tertiary/aromatic N) is 5. The smallest absolute Gasteiger partial charge is 0.278 e. The van der Waals surface area contributed by atoms with Crippen LogP contribution in [-0.2, 0) is 31.6 Å². The number of hydrogen-bond acceptors (Lipinski definition) is 8. The van der Waals surface area contributed by atoms with Crippen LogP contribution in [0.4, 0.5) is 5.69 Å². The molecule has 0 saturated carbocycles. The van der Waals surface area contributed by atoms with E-state index in [4.69, 9.17) is 39.9 Å². The molecule has 8 aromatic rings. The molecule has 86 heavy (non-hydrogen) atoms. The first-order valence-electron chi connectivity index (χ1n) is 27.9. The highest BCUT2D eigenvalue weighted by atomic mass is 35.5. The number of anilines is 1. The normalized spacial score (nSPS) is 14.6. The van der Waals surface area contributed by atoms with Crippen LogP contribution in [-0.4, -0.2) is 57.0 Å². The molecule has 0 spiro atoms. The summed E-state index contributed by atoms with van der Waals surface area (Å²) < 4.78 is 0. The van der Waals surface area contributed by atoms with Crippen LogP contribution < -0.4 is 15.6 Å². The second-order valence-corrected chi connectivity index (χ2v) is 28.0. The van der Waals surface area contributed by atoms with Crippen LogP contribution in [0.5, 0.6) is 0 Å². The lowest BCUT2D eigenvalue weighted by Crippen LogP contribution is -2.23. The van der Waals surface area contributed by atoms with Gasteiger partial charge < -0.3 is 0 Å². The summed E-state index contributed by atoms with van der Waals surface area (Å²) in [7, 11) is 1.69. The zero-order chi connectivity index (χ0) is 61.1. The number of aromatic nitrogens is 2. The lowest BCUT2D eigenvalue weighted by Gasteiger charge is -2.18. The molecule has 0 saturated heterocycles. The Balaban J connectivity index is 0.000000185. The summed E-state index contributed by atoms with van der Waals surface area (Å²) in [6.07, 6.45) is 6.02. The van der Waals surface area contributed by atoms with Gasteiger partial charge in [-0.25, -0.2) is 5.01 Å². The number of likely N-dealkylation sites (N-methyl/N-ethyl adjacent to an activating group) is 1. The summed E-state index contributed by atoms with van der Waals surface area (Å²) in [5.41, 5.74) is 12.0. The van der Waals surface area contributed by atoms with Gasteiger partial charge in [0, 0.05) is 59.3 Å². The molecule has 2 aliphatic rings. The van der Waals surface area contributed by atoms with E-state index in [1.165, 1.54) is 31.6 Å². The molecule has 1 aromatic heterocycles. The van der Waals surface area contributed by atoms with Crippen molar-refractivity contribution in [1.29, 1.82) is 0 Å². The van der Waals surface area contributed by atoms with Crippen molar-refractivity contribution in [1.82, 2.24) is 15.2 Å². The Labute approximate surface area is 536 Å². The minimum atomic E-state index is -0.109. The van der Waals surface area contributed by atoms with Crippen molar-refractivity contribution < 1.29 is 9.59 Å². The van der Waals surface area contributed by atoms with E-state index in [0.29, 0.717) is 32.7 Å². The van der Waals surface area contributed by atoms with E-state index in [9.17, 15) is 9.59 Å². The highest BCUT2D eigenvalue weighted by molar-refractivity contribution is 8.00. The van der Waals surface area contributed by atoms with E-state index in [1.54, 1.807) is 42.3 Å². The zero-order valence-electron chi connectivity index (χ0n) is 49.7. The number of nitrogens with one attached hydrogen (secondary N) is 1. The number of carbonyl (C=O) groups excluding carboxylic acids is 2. The van der Waals surface area contributed by atoms with Crippen molar-refractivity contribution in [2.45, 2.75) is 106 Å². The number of rotatable bonds is 13. The first kappa shape index (κ1) is 66.7. The third kappa shape index (κ3) is 18.6. The SMILES string of the molecule is C.C=c1[nH]nc(CSc2ccc(Cl)cc2)c1=Cc1ccc(C(C)(C)C)cc1.CC(C)(C)c1ccc(C=C2C(=O)N(c3ccccc3)N=C2CSc2ccc(Cl)cc2)cc1.CN1N=C(CSc2ccc(Cl)cc2)C(=Cc2ccc(C(C)(C)C)cc2)C1=O. The molecule has 0 fully saturated rings. The van der Waals surface area contributed by atoms with Crippen molar-refractivity contribution in [2.24, 2.45) is 10.2 Å². The molecule has 2 aliphatic heterocycles. The van der Waals surface area contributed by atoms with Gasteiger partial charge in [-0.05, 0) is 153 Å². The molecule has 0 bridgehead atoms. The molecule has 0 radical (unpaired) electrons. The second kappa shape index (κ2) is 29.7. The molecule has 0 atom stereocenters. The molecule has 1 N–H and O–H groups in total. The molecule has 0 unspecified atom stereocenters. The minimum Gasteiger partial charge on any atom is -0.278 e. The molecular formula is C72H75Cl3N6O2S3. The van der Waals surface area contributed by atoms with Crippen molar-refractivity contribution in [3.05, 3.63) is 252 Å². The van der Waals surface area contributed by atoms with Crippen LogP contribution in [0.15, 0.2) is 212 Å². The molecular weight excluding hydrogens is 1180 g/mol. The maximum atomic E-state index is 13.3. The number of amides is 2. The van der Waals surface area contributed by atoms with Gasteiger partial charge in [-0.2, -0.15) is 20.3 Å². The standard InChI is InChI=1S/C27H25ClN2OS.C22H23ClN2OS.C22H23ClN2S.CH4/c1-27(2,3)20-11-9-19(10-12-20)17-24-25(18-32-23-15-13-21(28)14-16-23)29-30(26(24)31)22-7-5-4-6-8-22;1-22(2,3)16-7-5-15(6-8-16)13-19-20(24-25(4)21(19)26)14-27-18-11-9-17(23)10-12-18;1-15-20(13-16-5-7-17(8-6-16)22(2,3)4)21(25-24-15)14-26-19-11-9-18(23)10-12-19;/h4-17H,18H2,1-3H3;5-13H,14H2,1-4H3;5-13,24H,1,14H2,2-4H3;1H4. The number of hydrogen-bond donors (Lipinski definition) is 1. The van der Waals surface area contributed by atoms with Crippen molar-refractivity contribution in [3.8, 4) is 0 Å². The number of thioether (sulfide) groups is 3. The van der Waals surface area contributed by atoms with Gasteiger partial charge >= 0.3 is 0 Å². The number of carbonyl (C=O) groups is 2. The van der Waals surface area contributed by atoms with E-state index in [2.05, 4.69) is 163 Å². The predicted molar refractivity (Wildman–Crippen MR) is 372 cm³/mol. The topological polar surface area (TPSA) is 94.0 Å². The number of benzene rings is 7. The van der Waals surface area contributed by atoms with Gasteiger partial charge in [-0.3, -0.25) is 14.7 Å². The van der Waals surface area contributed by atoms with Crippen LogP contribution in [0.2, 0.25) is 15.1 Å². The molecule has 0 aliphatic carbocycles. The summed E-state index contributed by atoms with van der Waals surface area (Å²) in [5.74, 6) is 1.82. The van der Waals surface area contributed by atoms with Crippen molar-refractivity contribution >= 4 is 124 Å². The average molecular weight is 1260 g/mol. The lowest BCUT2D eigenvalue weighted by atomic mass is 9.86. The van der Waals surface area contributed by atoms with E-state index in [0.717, 1.165) is 70.6 Å². The van der Waals surface area contributed by atoms with E-state index in [-0.39, 0.29) is 35.5 Å². The maximum Gasteiger partial charge on any atom is 0.280 e. The number of aromatic amines is 1. The molecule has 444 valence electrons. The summed E-state index contributed by atoms with van der Waals surface area (Å²) >= 11 is 22.9. The van der Waals surface area contributed by atoms with E-state index >= 15 is 0 Å². The first-order chi connectivity index (χ1) is 40.4. The van der Waals surface area contributed by atoms with Gasteiger partial charge in [0.15, 0.2) is 0 Å². The minimum absolute atomic E-state index is 0. The number of hydrazone groups is 2. The molecule has 14 heteroatoms. The van der Waals surface area contributed by atoms with Crippen LogP contribution in [0, 0.1) is 0 Å². The van der Waals surface area contributed by atoms with Crippen molar-refractivity contribution in [3.63, 3.8) is 0 Å². The van der Waals surface area contributed by atoms with Crippen LogP contribution in [0.25, 0.3) is 24.8 Å². The lowest BCUT2D eigenvalue weighted by molar-refractivity contribution is -0.124. The summed E-state index contributed by atoms with van der Waals surface area (Å²) in [4.78, 5) is 29.2. The Hall–Kier alpha value is -6.83. The molecule has 2 amide bonds. The first-order valence-corrected chi connectivity index (χ1v) is 31.9. The van der Waals surface area contributed by atoms with Crippen molar-refractivity contribution in [2.75, 3.05) is 23.6 Å². The summed E-state index contributed by atoms with van der Waals surface area (Å²) in [6.45, 7) is 23.9. The van der Waals surface area contributed by atoms with E-state index < -0.39 is 0 Å². The number of H-pyrrole nitrogens is 1. The maximum absolute atomic E-state index is 13.3. The zero-order valence-corrected chi connectivity index (χ0v) is 54.4. The molecule has 10 rings (SSSR count). The Morgan fingerprint density at radius 3 is 1.23 bits per heavy atom.